The summed E-state index contributed by atoms with van der Waals surface area (Å²) < 4.78 is 5.40. The highest BCUT2D eigenvalue weighted by Crippen LogP contribution is 2.29. The Morgan fingerprint density at radius 2 is 1.58 bits per heavy atom. The highest BCUT2D eigenvalue weighted by atomic mass is 16.6. The van der Waals surface area contributed by atoms with E-state index in [0.29, 0.717) is 17.7 Å². The summed E-state index contributed by atoms with van der Waals surface area (Å²) in [5.41, 5.74) is 3.05. The minimum atomic E-state index is -1.10. The van der Waals surface area contributed by atoms with Gasteiger partial charge >= 0.3 is 6.09 Å². The van der Waals surface area contributed by atoms with Crippen molar-refractivity contribution in [3.05, 3.63) is 64.7 Å². The summed E-state index contributed by atoms with van der Waals surface area (Å²) in [5, 5.41) is 15.4. The zero-order valence-corrected chi connectivity index (χ0v) is 23.7. The normalized spacial score (nSPS) is 13.4. The molecule has 3 unspecified atom stereocenters. The molecule has 0 heterocycles. The van der Waals surface area contributed by atoms with Crippen molar-refractivity contribution in [2.45, 2.75) is 79.5 Å². The molecule has 8 heteroatoms. The molecule has 2 aromatic rings. The van der Waals surface area contributed by atoms with Crippen molar-refractivity contribution in [2.75, 3.05) is 11.9 Å². The van der Waals surface area contributed by atoms with Crippen LogP contribution in [0.25, 0.3) is 0 Å². The molecule has 0 saturated heterocycles. The number of aryl methyl sites for hydroxylation is 3. The zero-order chi connectivity index (χ0) is 28.6. The van der Waals surface area contributed by atoms with Crippen molar-refractivity contribution in [2.24, 2.45) is 5.92 Å². The van der Waals surface area contributed by atoms with Gasteiger partial charge in [0, 0.05) is 5.69 Å². The Balaban J connectivity index is 2.58. The third kappa shape index (κ3) is 7.82. The van der Waals surface area contributed by atoms with E-state index in [-0.39, 0.29) is 12.5 Å². The number of nitriles is 1. The van der Waals surface area contributed by atoms with E-state index < -0.39 is 35.6 Å². The van der Waals surface area contributed by atoms with Gasteiger partial charge in [-0.15, -0.1) is 0 Å². The summed E-state index contributed by atoms with van der Waals surface area (Å²) >= 11 is 0. The molecule has 0 aromatic heterocycles. The second kappa shape index (κ2) is 13.1. The number of alkyl carbamates (subject to hydrolysis) is 1. The first-order chi connectivity index (χ1) is 17.8. The van der Waals surface area contributed by atoms with Crippen molar-refractivity contribution < 1.29 is 19.1 Å². The first-order valence-electron chi connectivity index (χ1n) is 12.9. The van der Waals surface area contributed by atoms with Crippen LogP contribution < -0.4 is 10.6 Å². The SMILES string of the molecule is CCC(C)C(NC(=O)OC(C)(C)C)C(=O)N(CC#N)C(C(=O)Nc1c(C)cccc1C)c1ccccc1C. The molecule has 3 amide bonds. The molecule has 0 spiro atoms. The molecule has 0 radical (unpaired) electrons. The predicted molar refractivity (Wildman–Crippen MR) is 148 cm³/mol. The van der Waals surface area contributed by atoms with Crippen molar-refractivity contribution in [3.8, 4) is 6.07 Å². The fourth-order valence-corrected chi connectivity index (χ4v) is 4.22. The van der Waals surface area contributed by atoms with Gasteiger partial charge in [0.1, 0.15) is 24.2 Å². The Morgan fingerprint density at radius 1 is 1.00 bits per heavy atom. The van der Waals surface area contributed by atoms with Gasteiger partial charge in [-0.1, -0.05) is 62.7 Å². The first-order valence-corrected chi connectivity index (χ1v) is 12.9. The molecular formula is C30H40N4O4. The molecule has 2 rings (SSSR count). The molecule has 204 valence electrons. The smallest absolute Gasteiger partial charge is 0.408 e. The second-order valence-corrected chi connectivity index (χ2v) is 10.6. The molecule has 0 aliphatic rings. The Labute approximate surface area is 226 Å². The van der Waals surface area contributed by atoms with Crippen molar-refractivity contribution in [1.29, 1.82) is 5.26 Å². The Bertz CT molecular complexity index is 1180. The average molecular weight is 521 g/mol. The monoisotopic (exact) mass is 520 g/mol. The summed E-state index contributed by atoms with van der Waals surface area (Å²) in [7, 11) is 0. The maximum absolute atomic E-state index is 14.1. The number of hydrogen-bond acceptors (Lipinski definition) is 5. The average Bonchev–Trinajstić information content (AvgIpc) is 2.83. The summed E-state index contributed by atoms with van der Waals surface area (Å²) in [6, 6.07) is 12.9. The van der Waals surface area contributed by atoms with E-state index in [9.17, 15) is 19.6 Å². The van der Waals surface area contributed by atoms with Gasteiger partial charge in [0.25, 0.3) is 5.91 Å². The minimum absolute atomic E-state index is 0.282. The number of rotatable bonds is 9. The van der Waals surface area contributed by atoms with E-state index in [1.807, 2.05) is 71.0 Å². The summed E-state index contributed by atoms with van der Waals surface area (Å²) in [4.78, 5) is 41.9. The van der Waals surface area contributed by atoms with Crippen LogP contribution in [0.4, 0.5) is 10.5 Å². The van der Waals surface area contributed by atoms with Crippen LogP contribution in [0.3, 0.4) is 0 Å². The number of nitrogens with zero attached hydrogens (tertiary/aromatic N) is 2. The lowest BCUT2D eigenvalue weighted by molar-refractivity contribution is -0.141. The van der Waals surface area contributed by atoms with E-state index in [4.69, 9.17) is 4.74 Å². The quantitative estimate of drug-likeness (QED) is 0.419. The molecule has 0 bridgehead atoms. The molecular weight excluding hydrogens is 480 g/mol. The minimum Gasteiger partial charge on any atom is -0.444 e. The van der Waals surface area contributed by atoms with E-state index in [2.05, 4.69) is 10.6 Å². The Kier molecular flexibility index (Phi) is 10.5. The van der Waals surface area contributed by atoms with Crippen molar-refractivity contribution >= 4 is 23.6 Å². The number of anilines is 1. The second-order valence-electron chi connectivity index (χ2n) is 10.6. The maximum Gasteiger partial charge on any atom is 0.408 e. The van der Waals surface area contributed by atoms with E-state index in [1.165, 1.54) is 4.90 Å². The van der Waals surface area contributed by atoms with Gasteiger partial charge in [-0.25, -0.2) is 4.79 Å². The number of carbonyl (C=O) groups is 3. The molecule has 0 saturated carbocycles. The lowest BCUT2D eigenvalue weighted by Crippen LogP contribution is -2.55. The topological polar surface area (TPSA) is 112 Å². The lowest BCUT2D eigenvalue weighted by Gasteiger charge is -2.35. The highest BCUT2D eigenvalue weighted by Gasteiger charge is 2.38. The number of hydrogen-bond donors (Lipinski definition) is 2. The Morgan fingerprint density at radius 3 is 2.11 bits per heavy atom. The summed E-state index contributed by atoms with van der Waals surface area (Å²) in [5.74, 6) is -1.26. The Hall–Kier alpha value is -3.86. The molecule has 2 N–H and O–H groups in total. The van der Waals surface area contributed by atoms with Crippen LogP contribution in [-0.4, -0.2) is 41.0 Å². The van der Waals surface area contributed by atoms with Gasteiger partial charge in [0.2, 0.25) is 5.91 Å². The van der Waals surface area contributed by atoms with Crippen LogP contribution in [0.1, 0.15) is 69.3 Å². The van der Waals surface area contributed by atoms with E-state index in [0.717, 1.165) is 16.7 Å². The lowest BCUT2D eigenvalue weighted by atomic mass is 9.94. The van der Waals surface area contributed by atoms with Crippen LogP contribution in [0.15, 0.2) is 42.5 Å². The molecule has 2 aromatic carbocycles. The molecule has 3 atom stereocenters. The largest absolute Gasteiger partial charge is 0.444 e. The van der Waals surface area contributed by atoms with Gasteiger partial charge < -0.3 is 20.3 Å². The highest BCUT2D eigenvalue weighted by molar-refractivity contribution is 6.00. The molecule has 0 aliphatic heterocycles. The van der Waals surface area contributed by atoms with Crippen LogP contribution >= 0.6 is 0 Å². The standard InChI is InChI=1S/C30H40N4O4/c1-9-19(2)25(33-29(37)38-30(6,7)8)28(36)34(18-17-31)26(23-16-11-10-13-20(23)3)27(35)32-24-21(4)14-12-15-22(24)5/h10-16,19,25-26H,9,18H2,1-8H3,(H,32,35)(H,33,37). The number of amides is 3. The number of nitrogens with one attached hydrogen (secondary N) is 2. The van der Waals surface area contributed by atoms with Crippen molar-refractivity contribution in [1.82, 2.24) is 10.2 Å². The van der Waals surface area contributed by atoms with Crippen LogP contribution in [0.5, 0.6) is 0 Å². The fraction of sp³-hybridized carbons (Fsp3) is 0.467. The van der Waals surface area contributed by atoms with Gasteiger partial charge in [-0.3, -0.25) is 9.59 Å². The first kappa shape index (κ1) is 30.4. The third-order valence-corrected chi connectivity index (χ3v) is 6.45. The maximum atomic E-state index is 14.1. The number of ether oxygens (including phenoxy) is 1. The van der Waals surface area contributed by atoms with Gasteiger partial charge in [-0.2, -0.15) is 5.26 Å². The zero-order valence-electron chi connectivity index (χ0n) is 23.7. The van der Waals surface area contributed by atoms with Gasteiger partial charge in [0.15, 0.2) is 0 Å². The molecule has 0 fully saturated rings. The third-order valence-electron chi connectivity index (χ3n) is 6.45. The van der Waals surface area contributed by atoms with Gasteiger partial charge in [0.05, 0.1) is 6.07 Å². The summed E-state index contributed by atoms with van der Waals surface area (Å²) in [6.07, 6.45) is -0.156. The molecule has 38 heavy (non-hydrogen) atoms. The predicted octanol–water partition coefficient (Wildman–Crippen LogP) is 5.58. The van der Waals surface area contributed by atoms with Gasteiger partial charge in [-0.05, 0) is 69.7 Å². The van der Waals surface area contributed by atoms with E-state index >= 15 is 0 Å². The fourth-order valence-electron chi connectivity index (χ4n) is 4.22. The summed E-state index contributed by atoms with van der Waals surface area (Å²) in [6.45, 7) is 14.3. The number of para-hydroxylation sites is 1. The van der Waals surface area contributed by atoms with E-state index in [1.54, 1.807) is 32.9 Å². The number of carbonyl (C=O) groups excluding carboxylic acids is 3. The van der Waals surface area contributed by atoms with Crippen molar-refractivity contribution in [3.63, 3.8) is 0 Å². The van der Waals surface area contributed by atoms with Crippen LogP contribution in [-0.2, 0) is 14.3 Å². The molecule has 8 nitrogen and oxygen atoms in total. The van der Waals surface area contributed by atoms with Crippen LogP contribution in [0, 0.1) is 38.0 Å². The molecule has 0 aliphatic carbocycles. The number of benzene rings is 2. The van der Waals surface area contributed by atoms with Crippen LogP contribution in [0.2, 0.25) is 0 Å².